The van der Waals surface area contributed by atoms with Gasteiger partial charge in [-0.25, -0.2) is 8.42 Å². The molecule has 1 aromatic rings. The molecule has 25 heavy (non-hydrogen) atoms. The van der Waals surface area contributed by atoms with Crippen molar-refractivity contribution in [3.05, 3.63) is 30.3 Å². The Bertz CT molecular complexity index is 676. The van der Waals surface area contributed by atoms with E-state index in [2.05, 4.69) is 0 Å². The largest absolute Gasteiger partial charge is 0.342 e. The van der Waals surface area contributed by atoms with Crippen molar-refractivity contribution in [1.82, 2.24) is 9.21 Å². The molecule has 2 N–H and O–H groups in total. The summed E-state index contributed by atoms with van der Waals surface area (Å²) < 4.78 is 27.0. The summed E-state index contributed by atoms with van der Waals surface area (Å²) in [6.45, 7) is 2.12. The number of carbonyl (C=O) groups is 1. The van der Waals surface area contributed by atoms with Crippen molar-refractivity contribution in [2.24, 2.45) is 11.7 Å². The smallest absolute Gasteiger partial charge is 0.243 e. The van der Waals surface area contributed by atoms with Crippen molar-refractivity contribution in [3.8, 4) is 0 Å². The van der Waals surface area contributed by atoms with Gasteiger partial charge >= 0.3 is 0 Å². The van der Waals surface area contributed by atoms with E-state index in [1.54, 1.807) is 30.3 Å². The van der Waals surface area contributed by atoms with Crippen molar-refractivity contribution in [2.45, 2.75) is 36.6 Å². The molecule has 0 saturated carbocycles. The highest BCUT2D eigenvalue weighted by atomic mass is 35.5. The number of carbonyl (C=O) groups excluding carboxylic acids is 1. The van der Waals surface area contributed by atoms with E-state index >= 15 is 0 Å². The van der Waals surface area contributed by atoms with E-state index in [0.717, 1.165) is 25.7 Å². The van der Waals surface area contributed by atoms with Crippen LogP contribution in [0.15, 0.2) is 35.2 Å². The van der Waals surface area contributed by atoms with Gasteiger partial charge in [-0.2, -0.15) is 4.31 Å². The van der Waals surface area contributed by atoms with E-state index in [4.69, 9.17) is 5.73 Å². The van der Waals surface area contributed by atoms with Crippen molar-refractivity contribution < 1.29 is 13.2 Å². The Kier molecular flexibility index (Phi) is 6.85. The molecule has 3 rings (SSSR count). The van der Waals surface area contributed by atoms with Crippen LogP contribution in [0.1, 0.15) is 25.7 Å². The van der Waals surface area contributed by atoms with Gasteiger partial charge in [0.1, 0.15) is 0 Å². The highest BCUT2D eigenvalue weighted by molar-refractivity contribution is 7.89. The second-order valence-electron chi connectivity index (χ2n) is 6.68. The van der Waals surface area contributed by atoms with Gasteiger partial charge in [-0.15, -0.1) is 12.4 Å². The predicted molar refractivity (Wildman–Crippen MR) is 99.0 cm³/mol. The van der Waals surface area contributed by atoms with Crippen molar-refractivity contribution in [2.75, 3.05) is 26.2 Å². The van der Waals surface area contributed by atoms with Crippen molar-refractivity contribution in [3.63, 3.8) is 0 Å². The minimum atomic E-state index is -3.53. The lowest BCUT2D eigenvalue weighted by Gasteiger charge is -2.36. The Morgan fingerprint density at radius 2 is 1.68 bits per heavy atom. The van der Waals surface area contributed by atoms with Gasteiger partial charge in [-0.05, 0) is 37.8 Å². The number of benzene rings is 1. The Morgan fingerprint density at radius 1 is 1.04 bits per heavy atom. The van der Waals surface area contributed by atoms with E-state index in [9.17, 15) is 13.2 Å². The van der Waals surface area contributed by atoms with Gasteiger partial charge in [0.05, 0.1) is 10.8 Å². The first-order valence-electron chi connectivity index (χ1n) is 8.58. The second-order valence-corrected chi connectivity index (χ2v) is 8.62. The number of nitrogens with two attached hydrogens (primary N) is 1. The summed E-state index contributed by atoms with van der Waals surface area (Å²) in [4.78, 5) is 14.9. The number of nitrogens with zero attached hydrogens (tertiary/aromatic N) is 2. The molecule has 0 aliphatic carbocycles. The lowest BCUT2D eigenvalue weighted by Crippen LogP contribution is -2.49. The maximum absolute atomic E-state index is 12.8. The summed E-state index contributed by atoms with van der Waals surface area (Å²) >= 11 is 0. The molecule has 1 unspecified atom stereocenters. The number of sulfonamides is 1. The van der Waals surface area contributed by atoms with Crippen LogP contribution in [0.5, 0.6) is 0 Å². The lowest BCUT2D eigenvalue weighted by atomic mass is 9.96. The normalized spacial score (nSPS) is 23.1. The van der Waals surface area contributed by atoms with Crippen LogP contribution in [0.3, 0.4) is 0 Å². The first-order chi connectivity index (χ1) is 11.5. The van der Waals surface area contributed by atoms with Gasteiger partial charge in [-0.1, -0.05) is 18.2 Å². The molecule has 0 aromatic heterocycles. The zero-order chi connectivity index (χ0) is 17.2. The van der Waals surface area contributed by atoms with Crippen LogP contribution >= 0.6 is 12.4 Å². The molecule has 1 aromatic carbocycles. The topological polar surface area (TPSA) is 83.7 Å². The zero-order valence-corrected chi connectivity index (χ0v) is 15.8. The standard InChI is InChI=1S/C17H25N3O3S.ClH/c18-15-8-11-19(12-9-15)17(21)14-5-4-10-20(13-14)24(22,23)16-6-2-1-3-7-16;/h1-3,6-7,14-15H,4-5,8-13,18H2;1H. The van der Waals surface area contributed by atoms with Gasteiger partial charge in [0.2, 0.25) is 15.9 Å². The highest BCUT2D eigenvalue weighted by Crippen LogP contribution is 2.25. The summed E-state index contributed by atoms with van der Waals surface area (Å²) in [5.74, 6) is -0.165. The van der Waals surface area contributed by atoms with Gasteiger partial charge in [-0.3, -0.25) is 4.79 Å². The summed E-state index contributed by atoms with van der Waals surface area (Å²) in [6.07, 6.45) is 3.12. The minimum Gasteiger partial charge on any atom is -0.342 e. The van der Waals surface area contributed by atoms with Crippen LogP contribution in [-0.2, 0) is 14.8 Å². The molecule has 2 aliphatic heterocycles. The van der Waals surface area contributed by atoms with Gasteiger partial charge in [0, 0.05) is 32.2 Å². The molecule has 2 heterocycles. The van der Waals surface area contributed by atoms with E-state index in [1.807, 2.05) is 4.90 Å². The van der Waals surface area contributed by atoms with Gasteiger partial charge in [0.25, 0.3) is 0 Å². The molecule has 0 bridgehead atoms. The van der Waals surface area contributed by atoms with E-state index in [1.165, 1.54) is 4.31 Å². The second kappa shape index (κ2) is 8.49. The molecule has 6 nitrogen and oxygen atoms in total. The lowest BCUT2D eigenvalue weighted by molar-refractivity contribution is -0.137. The molecular formula is C17H26ClN3O3S. The summed E-state index contributed by atoms with van der Waals surface area (Å²) in [5, 5.41) is 0. The summed E-state index contributed by atoms with van der Waals surface area (Å²) in [7, 11) is -3.53. The molecule has 2 fully saturated rings. The number of hydrogen-bond donors (Lipinski definition) is 1. The number of likely N-dealkylation sites (tertiary alicyclic amines) is 1. The number of hydrogen-bond acceptors (Lipinski definition) is 4. The van der Waals surface area contributed by atoms with Crippen LogP contribution in [0.4, 0.5) is 0 Å². The van der Waals surface area contributed by atoms with Crippen LogP contribution in [0.25, 0.3) is 0 Å². The Morgan fingerprint density at radius 3 is 2.32 bits per heavy atom. The minimum absolute atomic E-state index is 0. The SMILES string of the molecule is Cl.NC1CCN(C(=O)C2CCCN(S(=O)(=O)c3ccccc3)C2)CC1. The molecule has 2 aliphatic rings. The number of amides is 1. The first kappa shape index (κ1) is 20.2. The molecule has 0 radical (unpaired) electrons. The molecule has 1 atom stereocenters. The zero-order valence-electron chi connectivity index (χ0n) is 14.2. The maximum Gasteiger partial charge on any atom is 0.243 e. The number of halogens is 1. The van der Waals surface area contributed by atoms with E-state index in [-0.39, 0.29) is 36.8 Å². The van der Waals surface area contributed by atoms with E-state index in [0.29, 0.717) is 24.5 Å². The van der Waals surface area contributed by atoms with Crippen LogP contribution < -0.4 is 5.73 Å². The molecule has 1 amide bonds. The fourth-order valence-electron chi connectivity index (χ4n) is 3.48. The third-order valence-corrected chi connectivity index (χ3v) is 6.84. The third-order valence-electron chi connectivity index (χ3n) is 4.97. The Balaban J connectivity index is 0.00000225. The Hall–Kier alpha value is -1.15. The fraction of sp³-hybridized carbons (Fsp3) is 0.588. The van der Waals surface area contributed by atoms with Crippen LogP contribution in [0.2, 0.25) is 0 Å². The number of rotatable bonds is 3. The highest BCUT2D eigenvalue weighted by Gasteiger charge is 2.35. The van der Waals surface area contributed by atoms with Crippen LogP contribution in [-0.4, -0.2) is 55.8 Å². The van der Waals surface area contributed by atoms with E-state index < -0.39 is 10.0 Å². The predicted octanol–water partition coefficient (Wildman–Crippen LogP) is 1.46. The van der Waals surface area contributed by atoms with Crippen LogP contribution in [0, 0.1) is 5.92 Å². The average molecular weight is 388 g/mol. The van der Waals surface area contributed by atoms with Gasteiger partial charge in [0.15, 0.2) is 0 Å². The number of piperidine rings is 2. The average Bonchev–Trinajstić information content (AvgIpc) is 2.62. The fourth-order valence-corrected chi connectivity index (χ4v) is 5.03. The Labute approximate surface area is 155 Å². The maximum atomic E-state index is 12.8. The van der Waals surface area contributed by atoms with Crippen molar-refractivity contribution in [1.29, 1.82) is 0 Å². The van der Waals surface area contributed by atoms with Gasteiger partial charge < -0.3 is 10.6 Å². The first-order valence-corrected chi connectivity index (χ1v) is 10.0. The molecular weight excluding hydrogens is 362 g/mol. The monoisotopic (exact) mass is 387 g/mol. The quantitative estimate of drug-likeness (QED) is 0.850. The summed E-state index contributed by atoms with van der Waals surface area (Å²) in [6, 6.07) is 8.62. The summed E-state index contributed by atoms with van der Waals surface area (Å²) in [5.41, 5.74) is 5.89. The molecule has 2 saturated heterocycles. The third kappa shape index (κ3) is 4.53. The van der Waals surface area contributed by atoms with Crippen molar-refractivity contribution >= 4 is 28.3 Å². The molecule has 8 heteroatoms. The molecule has 0 spiro atoms. The molecule has 140 valence electrons.